The summed E-state index contributed by atoms with van der Waals surface area (Å²) in [7, 11) is 0. The first kappa shape index (κ1) is 20.2. The minimum absolute atomic E-state index is 0.0833. The van der Waals surface area contributed by atoms with Crippen LogP contribution in [0.5, 0.6) is 0 Å². The van der Waals surface area contributed by atoms with Crippen molar-refractivity contribution in [2.75, 3.05) is 5.32 Å². The first-order chi connectivity index (χ1) is 14.4. The maximum atomic E-state index is 12.8. The van der Waals surface area contributed by atoms with Crippen molar-refractivity contribution in [2.45, 2.75) is 47.1 Å². The highest BCUT2D eigenvalue weighted by Gasteiger charge is 2.17. The quantitative estimate of drug-likeness (QED) is 0.508. The second-order valence-corrected chi connectivity index (χ2v) is 9.05. The second-order valence-electron chi connectivity index (χ2n) is 9.05. The molecule has 1 aromatic heterocycles. The number of benzene rings is 2. The normalized spacial score (nSPS) is 13.7. The van der Waals surface area contributed by atoms with Gasteiger partial charge in [0.2, 0.25) is 0 Å². The second kappa shape index (κ2) is 7.98. The lowest BCUT2D eigenvalue weighted by Gasteiger charge is -2.11. The lowest BCUT2D eigenvalue weighted by Crippen LogP contribution is -2.11. The van der Waals surface area contributed by atoms with Gasteiger partial charge < -0.3 is 9.88 Å². The van der Waals surface area contributed by atoms with E-state index in [2.05, 4.69) is 74.0 Å². The van der Waals surface area contributed by atoms with Crippen molar-refractivity contribution in [1.82, 2.24) is 4.57 Å². The van der Waals surface area contributed by atoms with Crippen LogP contribution >= 0.6 is 0 Å². The van der Waals surface area contributed by atoms with E-state index in [4.69, 9.17) is 0 Å². The molecule has 0 radical (unpaired) electrons. The number of carbonyl (C=O) groups excluding carboxylic acids is 1. The zero-order valence-electron chi connectivity index (χ0n) is 18.3. The van der Waals surface area contributed by atoms with E-state index in [0.29, 0.717) is 5.56 Å². The van der Waals surface area contributed by atoms with Crippen molar-refractivity contribution in [2.24, 2.45) is 5.41 Å². The average molecular weight is 399 g/mol. The molecule has 3 aromatic rings. The molecule has 1 aliphatic carbocycles. The molecular weight excluding hydrogens is 368 g/mol. The van der Waals surface area contributed by atoms with Crippen molar-refractivity contribution in [3.63, 3.8) is 0 Å². The third-order valence-corrected chi connectivity index (χ3v) is 5.57. The Morgan fingerprint density at radius 2 is 1.90 bits per heavy atom. The number of nitrogens with one attached hydrogen (secondary N) is 1. The largest absolute Gasteiger partial charge is 0.344 e. The Balaban J connectivity index is 1.56. The summed E-state index contributed by atoms with van der Waals surface area (Å²) in [5.74, 6) is -0.0833. The third kappa shape index (κ3) is 4.11. The lowest BCUT2D eigenvalue weighted by atomic mass is 9.95. The number of hydrogen-bond acceptors (Lipinski definition) is 1. The maximum Gasteiger partial charge on any atom is 0.255 e. The van der Waals surface area contributed by atoms with Gasteiger partial charge in [-0.15, -0.1) is 0 Å². The Kier molecular flexibility index (Phi) is 5.38. The number of hydrogen-bond donors (Lipinski definition) is 1. The lowest BCUT2D eigenvalue weighted by molar-refractivity contribution is 0.102. The molecule has 154 valence electrons. The van der Waals surface area contributed by atoms with Crippen LogP contribution in [0.3, 0.4) is 0 Å². The Labute approximate surface area is 179 Å². The number of carbonyl (C=O) groups is 1. The van der Waals surface area contributed by atoms with Gasteiger partial charge in [-0.2, -0.15) is 0 Å². The van der Waals surface area contributed by atoms with Gasteiger partial charge >= 0.3 is 0 Å². The van der Waals surface area contributed by atoms with Gasteiger partial charge in [0.15, 0.2) is 0 Å². The maximum absolute atomic E-state index is 12.8. The monoisotopic (exact) mass is 398 g/mol. The number of amides is 1. The molecule has 1 amide bonds. The van der Waals surface area contributed by atoms with E-state index >= 15 is 0 Å². The molecule has 1 heterocycles. The number of aromatic nitrogens is 1. The summed E-state index contributed by atoms with van der Waals surface area (Å²) in [6, 6.07) is 14.0. The van der Waals surface area contributed by atoms with E-state index in [-0.39, 0.29) is 11.3 Å². The van der Waals surface area contributed by atoms with Crippen molar-refractivity contribution >= 4 is 34.6 Å². The number of fused-ring (bicyclic) bond motifs is 3. The van der Waals surface area contributed by atoms with Crippen LogP contribution in [0, 0.1) is 5.41 Å². The van der Waals surface area contributed by atoms with Gasteiger partial charge in [-0.1, -0.05) is 57.2 Å². The number of aryl methyl sites for hydroxylation is 1. The number of rotatable bonds is 4. The SMILES string of the molecule is CCn1c2c(c3cc(NC(=O)c4ccc(/C=C/C(C)(C)C)cc4)ccc31)C=CCC2. The Bertz CT molecular complexity index is 1140. The van der Waals surface area contributed by atoms with E-state index in [1.165, 1.54) is 22.2 Å². The van der Waals surface area contributed by atoms with Crippen LogP contribution in [0.1, 0.15) is 61.3 Å². The molecule has 1 aliphatic rings. The Hall–Kier alpha value is -3.07. The summed E-state index contributed by atoms with van der Waals surface area (Å²) in [5.41, 5.74) is 6.67. The van der Waals surface area contributed by atoms with E-state index in [0.717, 1.165) is 30.6 Å². The zero-order valence-corrected chi connectivity index (χ0v) is 18.3. The summed E-state index contributed by atoms with van der Waals surface area (Å²) in [6.07, 6.45) is 10.9. The molecule has 0 spiro atoms. The predicted octanol–water partition coefficient (Wildman–Crippen LogP) is 6.93. The molecule has 3 heteroatoms. The molecule has 2 aromatic carbocycles. The fourth-order valence-electron chi connectivity index (χ4n) is 4.04. The first-order valence-corrected chi connectivity index (χ1v) is 10.8. The van der Waals surface area contributed by atoms with Crippen molar-refractivity contribution in [1.29, 1.82) is 0 Å². The van der Waals surface area contributed by atoms with E-state index in [1.54, 1.807) is 0 Å². The number of anilines is 1. The fraction of sp³-hybridized carbons (Fsp3) is 0.296. The van der Waals surface area contributed by atoms with Crippen LogP contribution in [-0.2, 0) is 13.0 Å². The van der Waals surface area contributed by atoms with Crippen molar-refractivity contribution in [3.8, 4) is 0 Å². The molecular formula is C27H30N2O. The van der Waals surface area contributed by atoms with Crippen LogP contribution < -0.4 is 5.32 Å². The highest BCUT2D eigenvalue weighted by molar-refractivity contribution is 6.06. The van der Waals surface area contributed by atoms with E-state index in [9.17, 15) is 4.79 Å². The fourth-order valence-corrected chi connectivity index (χ4v) is 4.04. The molecule has 0 bridgehead atoms. The van der Waals surface area contributed by atoms with Gasteiger partial charge in [0.05, 0.1) is 0 Å². The molecule has 0 atom stereocenters. The molecule has 0 unspecified atom stereocenters. The van der Waals surface area contributed by atoms with E-state index < -0.39 is 0 Å². The third-order valence-electron chi connectivity index (χ3n) is 5.57. The van der Waals surface area contributed by atoms with Crippen LogP contribution in [0.25, 0.3) is 23.1 Å². The van der Waals surface area contributed by atoms with Gasteiger partial charge in [0.1, 0.15) is 0 Å². The average Bonchev–Trinajstić information content (AvgIpc) is 3.05. The summed E-state index contributed by atoms with van der Waals surface area (Å²) < 4.78 is 2.39. The predicted molar refractivity (Wildman–Crippen MR) is 128 cm³/mol. The molecule has 3 nitrogen and oxygen atoms in total. The molecule has 1 N–H and O–H groups in total. The van der Waals surface area contributed by atoms with Crippen molar-refractivity contribution < 1.29 is 4.79 Å². The van der Waals surface area contributed by atoms with Gasteiger partial charge in [-0.05, 0) is 61.1 Å². The van der Waals surface area contributed by atoms with Crippen molar-refractivity contribution in [3.05, 3.63) is 77.0 Å². The smallest absolute Gasteiger partial charge is 0.255 e. The zero-order chi connectivity index (χ0) is 21.3. The Morgan fingerprint density at radius 3 is 2.60 bits per heavy atom. The first-order valence-electron chi connectivity index (χ1n) is 10.8. The molecule has 30 heavy (non-hydrogen) atoms. The molecule has 0 aliphatic heterocycles. The minimum atomic E-state index is -0.0833. The van der Waals surface area contributed by atoms with Crippen LogP contribution in [0.4, 0.5) is 5.69 Å². The number of nitrogens with zero attached hydrogens (tertiary/aromatic N) is 1. The summed E-state index contributed by atoms with van der Waals surface area (Å²) in [4.78, 5) is 12.8. The highest BCUT2D eigenvalue weighted by atomic mass is 16.1. The van der Waals surface area contributed by atoms with Gasteiger partial charge in [0.25, 0.3) is 5.91 Å². The molecule has 0 fully saturated rings. The molecule has 0 saturated heterocycles. The van der Waals surface area contributed by atoms with Gasteiger partial charge in [-0.25, -0.2) is 0 Å². The van der Waals surface area contributed by atoms with Crippen LogP contribution in [-0.4, -0.2) is 10.5 Å². The molecule has 4 rings (SSSR count). The van der Waals surface area contributed by atoms with Gasteiger partial charge in [0, 0.05) is 40.0 Å². The Morgan fingerprint density at radius 1 is 1.13 bits per heavy atom. The summed E-state index contributed by atoms with van der Waals surface area (Å²) in [5, 5.41) is 4.28. The standard InChI is InChI=1S/C27H30N2O/c1-5-29-24-9-7-6-8-22(24)23-18-21(14-15-25(23)29)28-26(30)20-12-10-19(11-13-20)16-17-27(2,3)4/h6,8,10-18H,5,7,9H2,1-4H3,(H,28,30)/b17-16+. The summed E-state index contributed by atoms with van der Waals surface area (Å²) in [6.45, 7) is 9.66. The number of allylic oxidation sites excluding steroid dienone is 2. The minimum Gasteiger partial charge on any atom is -0.344 e. The van der Waals surface area contributed by atoms with Gasteiger partial charge in [-0.3, -0.25) is 4.79 Å². The van der Waals surface area contributed by atoms with E-state index in [1.807, 2.05) is 30.3 Å². The van der Waals surface area contributed by atoms with Crippen LogP contribution in [0.15, 0.2) is 54.6 Å². The highest BCUT2D eigenvalue weighted by Crippen LogP contribution is 2.33. The molecule has 0 saturated carbocycles. The summed E-state index contributed by atoms with van der Waals surface area (Å²) >= 11 is 0. The topological polar surface area (TPSA) is 34.0 Å². The van der Waals surface area contributed by atoms with Crippen LogP contribution in [0.2, 0.25) is 0 Å².